The maximum Gasteiger partial charge on any atom is 0.216 e. The van der Waals surface area contributed by atoms with Crippen molar-refractivity contribution in [3.05, 3.63) is 24.6 Å². The van der Waals surface area contributed by atoms with Gasteiger partial charge in [-0.05, 0) is 52.4 Å². The topological polar surface area (TPSA) is 18.5 Å². The third-order valence-corrected chi connectivity index (χ3v) is 16.7. The zero-order chi connectivity index (χ0) is 19.4. The van der Waals surface area contributed by atoms with Gasteiger partial charge in [0, 0.05) is 0 Å². The van der Waals surface area contributed by atoms with Gasteiger partial charge in [0.1, 0.15) is 8.07 Å². The van der Waals surface area contributed by atoms with E-state index in [0.717, 1.165) is 19.3 Å². The van der Waals surface area contributed by atoms with Crippen LogP contribution in [0, 0.1) is 0 Å². The van der Waals surface area contributed by atoms with Crippen molar-refractivity contribution in [2.45, 2.75) is 96.7 Å². The van der Waals surface area contributed by atoms with Gasteiger partial charge in [-0.2, -0.15) is 0 Å². The zero-order valence-corrected chi connectivity index (χ0v) is 21.0. The van der Waals surface area contributed by atoms with Gasteiger partial charge < -0.3 is 8.85 Å². The molecule has 5 heteroatoms. The molecule has 1 unspecified atom stereocenters. The second-order valence-corrected chi connectivity index (χ2v) is 21.6. The molecule has 0 N–H and O–H groups in total. The largest absolute Gasteiger partial charge is 0.411 e. The highest BCUT2D eigenvalue weighted by atomic mass is 28.4. The van der Waals surface area contributed by atoms with Crippen LogP contribution < -0.4 is 0 Å². The summed E-state index contributed by atoms with van der Waals surface area (Å²) in [6, 6.07) is 0. The van der Waals surface area contributed by atoms with Crippen molar-refractivity contribution < 1.29 is 8.85 Å². The Morgan fingerprint density at radius 1 is 0.792 bits per heavy atom. The van der Waals surface area contributed by atoms with Crippen molar-refractivity contribution in [3.8, 4) is 0 Å². The van der Waals surface area contributed by atoms with Gasteiger partial charge in [0.05, 0.1) is 10.4 Å². The van der Waals surface area contributed by atoms with Crippen molar-refractivity contribution in [1.82, 2.24) is 0 Å². The molecule has 0 amide bonds. The fraction of sp³-hybridized carbons (Fsp3) is 0.789. The summed E-state index contributed by atoms with van der Waals surface area (Å²) in [5, 5.41) is -0.276. The normalized spacial score (nSPS) is 16.6. The molecule has 0 fully saturated rings. The minimum absolute atomic E-state index is 0.0653. The molecule has 24 heavy (non-hydrogen) atoms. The molecule has 0 saturated carbocycles. The number of hydrogen-bond acceptors (Lipinski definition) is 2. The Balaban J connectivity index is 5.91. The molecule has 0 radical (unpaired) electrons. The molecule has 0 aliphatic heterocycles. The SMILES string of the molecule is C=C[Si](C)(C)OC(C)(CC)[Si](C)(C)OC(CC)(CC)[Si](C)(C)C=C. The second-order valence-electron chi connectivity index (χ2n) is 8.73. The first kappa shape index (κ1) is 24.1. The molecule has 0 aromatic heterocycles. The Labute approximate surface area is 155 Å². The summed E-state index contributed by atoms with van der Waals surface area (Å²) in [4.78, 5) is 0. The van der Waals surface area contributed by atoms with Crippen molar-refractivity contribution in [3.63, 3.8) is 0 Å². The van der Waals surface area contributed by atoms with E-state index in [2.05, 4.69) is 85.8 Å². The summed E-state index contributed by atoms with van der Waals surface area (Å²) in [5.41, 5.74) is 4.22. The fourth-order valence-electron chi connectivity index (χ4n) is 3.46. The lowest BCUT2D eigenvalue weighted by atomic mass is 10.2. The van der Waals surface area contributed by atoms with Gasteiger partial charge in [-0.15, -0.1) is 13.2 Å². The predicted octanol–water partition coefficient (Wildman–Crippen LogP) is 6.39. The highest BCUT2D eigenvalue weighted by molar-refractivity contribution is 6.86. The summed E-state index contributed by atoms with van der Waals surface area (Å²) in [6.45, 7) is 31.0. The Morgan fingerprint density at radius 3 is 1.54 bits per heavy atom. The van der Waals surface area contributed by atoms with Crippen LogP contribution in [0.15, 0.2) is 24.6 Å². The van der Waals surface area contributed by atoms with E-state index < -0.39 is 24.7 Å². The average molecular weight is 387 g/mol. The van der Waals surface area contributed by atoms with E-state index in [1.807, 2.05) is 5.70 Å². The van der Waals surface area contributed by atoms with Crippen LogP contribution in [0.2, 0.25) is 39.3 Å². The van der Waals surface area contributed by atoms with Gasteiger partial charge >= 0.3 is 0 Å². The van der Waals surface area contributed by atoms with Crippen LogP contribution >= 0.6 is 0 Å². The lowest BCUT2D eigenvalue weighted by Gasteiger charge is -2.53. The quantitative estimate of drug-likeness (QED) is 0.383. The zero-order valence-electron chi connectivity index (χ0n) is 18.0. The van der Waals surface area contributed by atoms with E-state index in [1.54, 1.807) is 0 Å². The second kappa shape index (κ2) is 8.16. The van der Waals surface area contributed by atoms with Crippen molar-refractivity contribution >= 4 is 24.7 Å². The van der Waals surface area contributed by atoms with Gasteiger partial charge in [-0.3, -0.25) is 0 Å². The maximum atomic E-state index is 7.12. The molecule has 0 saturated heterocycles. The molecule has 0 aromatic carbocycles. The smallest absolute Gasteiger partial charge is 0.216 e. The van der Waals surface area contributed by atoms with Gasteiger partial charge in [0.2, 0.25) is 16.6 Å². The van der Waals surface area contributed by atoms with E-state index in [4.69, 9.17) is 8.85 Å². The molecule has 0 aromatic rings. The predicted molar refractivity (Wildman–Crippen MR) is 117 cm³/mol. The first-order valence-electron chi connectivity index (χ1n) is 9.39. The Hall–Kier alpha value is 0.0506. The summed E-state index contributed by atoms with van der Waals surface area (Å²) in [6.07, 6.45) is 3.04. The van der Waals surface area contributed by atoms with Crippen LogP contribution in [0.5, 0.6) is 0 Å². The summed E-state index contributed by atoms with van der Waals surface area (Å²) in [5.74, 6) is 0. The summed E-state index contributed by atoms with van der Waals surface area (Å²) in [7, 11) is -5.73. The van der Waals surface area contributed by atoms with Crippen LogP contribution in [0.3, 0.4) is 0 Å². The summed E-state index contributed by atoms with van der Waals surface area (Å²) < 4.78 is 13.8. The van der Waals surface area contributed by atoms with Crippen molar-refractivity contribution in [2.24, 2.45) is 0 Å². The van der Waals surface area contributed by atoms with Crippen molar-refractivity contribution in [2.75, 3.05) is 0 Å². The monoisotopic (exact) mass is 386 g/mol. The van der Waals surface area contributed by atoms with Crippen LogP contribution in [0.1, 0.15) is 47.0 Å². The lowest BCUT2D eigenvalue weighted by Crippen LogP contribution is -2.67. The van der Waals surface area contributed by atoms with E-state index in [-0.39, 0.29) is 10.4 Å². The van der Waals surface area contributed by atoms with Crippen LogP contribution in [-0.2, 0) is 8.85 Å². The molecular weight excluding hydrogens is 344 g/mol. The van der Waals surface area contributed by atoms with E-state index in [0.29, 0.717) is 0 Å². The maximum absolute atomic E-state index is 7.12. The lowest BCUT2D eigenvalue weighted by molar-refractivity contribution is 0.0670. The van der Waals surface area contributed by atoms with Gasteiger partial charge in [0.15, 0.2) is 0 Å². The molecule has 142 valence electrons. The molecule has 1 atom stereocenters. The number of rotatable bonds is 11. The first-order valence-corrected chi connectivity index (χ1v) is 18.4. The molecule has 0 aliphatic carbocycles. The minimum Gasteiger partial charge on any atom is -0.411 e. The van der Waals surface area contributed by atoms with Gasteiger partial charge in [-0.25, -0.2) is 0 Å². The third kappa shape index (κ3) is 4.81. The Bertz CT molecular complexity index is 440. The minimum atomic E-state index is -2.13. The summed E-state index contributed by atoms with van der Waals surface area (Å²) >= 11 is 0. The standard InChI is InChI=1S/C19H42O2Si3/c1-13-18(6,20-23(9,10)17-5)24(11,12)21-19(14-2,15-3)22(7,8)16-4/h16-17H,4-5,13-15H2,1-3,6-12H3. The van der Waals surface area contributed by atoms with E-state index in [9.17, 15) is 0 Å². The molecular formula is C19H42O2Si3. The van der Waals surface area contributed by atoms with Gasteiger partial charge in [0.25, 0.3) is 0 Å². The molecule has 0 spiro atoms. The van der Waals surface area contributed by atoms with E-state index in [1.165, 1.54) is 0 Å². The number of hydrogen-bond donors (Lipinski definition) is 0. The Kier molecular flexibility index (Phi) is 8.18. The molecule has 0 bridgehead atoms. The van der Waals surface area contributed by atoms with E-state index >= 15 is 0 Å². The van der Waals surface area contributed by atoms with Crippen LogP contribution in [0.25, 0.3) is 0 Å². The Morgan fingerprint density at radius 2 is 1.25 bits per heavy atom. The highest BCUT2D eigenvalue weighted by Crippen LogP contribution is 2.41. The van der Waals surface area contributed by atoms with Crippen molar-refractivity contribution in [1.29, 1.82) is 0 Å². The molecule has 0 rings (SSSR count). The highest BCUT2D eigenvalue weighted by Gasteiger charge is 2.54. The van der Waals surface area contributed by atoms with Gasteiger partial charge in [-0.1, -0.05) is 45.3 Å². The first-order chi connectivity index (χ1) is 10.7. The third-order valence-electron chi connectivity index (χ3n) is 6.21. The molecule has 2 nitrogen and oxygen atoms in total. The molecule has 0 aliphatic rings. The van der Waals surface area contributed by atoms with Crippen LogP contribution in [-0.4, -0.2) is 35.2 Å². The fourth-order valence-corrected chi connectivity index (χ4v) is 13.0. The molecule has 0 heterocycles. The average Bonchev–Trinajstić information content (AvgIpc) is 2.51. The van der Waals surface area contributed by atoms with Crippen LogP contribution in [0.4, 0.5) is 0 Å².